The Bertz CT molecular complexity index is 934. The first kappa shape index (κ1) is 15.7. The topological polar surface area (TPSA) is 70.2 Å². The van der Waals surface area contributed by atoms with Crippen molar-refractivity contribution in [2.75, 3.05) is 5.32 Å². The molecule has 118 valence electrons. The summed E-state index contributed by atoms with van der Waals surface area (Å²) >= 11 is 2.87. The predicted octanol–water partition coefficient (Wildman–Crippen LogP) is 4.19. The van der Waals surface area contributed by atoms with E-state index in [-0.39, 0.29) is 11.3 Å². The van der Waals surface area contributed by atoms with Crippen LogP contribution in [0.4, 0.5) is 5.00 Å². The molecular formula is C16H16N4OS2. The molecule has 0 radical (unpaired) electrons. The van der Waals surface area contributed by atoms with Crippen molar-refractivity contribution in [1.82, 2.24) is 9.38 Å². The summed E-state index contributed by atoms with van der Waals surface area (Å²) in [7, 11) is 0. The molecular weight excluding hydrogens is 328 g/mol. The van der Waals surface area contributed by atoms with Crippen molar-refractivity contribution >= 4 is 38.5 Å². The Morgan fingerprint density at radius 2 is 2.09 bits per heavy atom. The molecule has 3 rings (SSSR count). The fourth-order valence-corrected chi connectivity index (χ4v) is 4.27. The Hall–Kier alpha value is -2.17. The Morgan fingerprint density at radius 3 is 2.70 bits per heavy atom. The number of anilines is 1. The first-order valence-electron chi connectivity index (χ1n) is 7.08. The lowest BCUT2D eigenvalue weighted by atomic mass is 9.86. The largest absolute Gasteiger partial charge is 0.311 e. The number of carbonyl (C=O) groups is 1. The standard InChI is InChI=1S/C16H16N4OS2/c1-9-7-23-15-18-12(6-20(9)15)13(21)19-14-10(5-17)11(8-22-14)16(2,3)4/h6-8H,1-4H3,(H,19,21). The van der Waals surface area contributed by atoms with E-state index in [4.69, 9.17) is 0 Å². The zero-order valence-electron chi connectivity index (χ0n) is 13.3. The number of thiophene rings is 1. The van der Waals surface area contributed by atoms with Gasteiger partial charge in [-0.25, -0.2) is 4.98 Å². The van der Waals surface area contributed by atoms with Crippen molar-refractivity contribution in [2.45, 2.75) is 33.1 Å². The summed E-state index contributed by atoms with van der Waals surface area (Å²) < 4.78 is 1.89. The van der Waals surface area contributed by atoms with Gasteiger partial charge in [-0.2, -0.15) is 5.26 Å². The molecule has 0 aliphatic rings. The molecule has 0 spiro atoms. The second kappa shape index (κ2) is 5.48. The third kappa shape index (κ3) is 2.76. The molecule has 0 saturated carbocycles. The summed E-state index contributed by atoms with van der Waals surface area (Å²) in [4.78, 5) is 17.6. The number of aryl methyl sites for hydroxylation is 1. The number of hydrogen-bond acceptors (Lipinski definition) is 5. The zero-order valence-corrected chi connectivity index (χ0v) is 14.9. The number of fused-ring (bicyclic) bond motifs is 1. The van der Waals surface area contributed by atoms with Crippen molar-refractivity contribution in [1.29, 1.82) is 5.26 Å². The highest BCUT2D eigenvalue weighted by Crippen LogP contribution is 2.35. The van der Waals surface area contributed by atoms with E-state index in [1.807, 2.05) is 42.9 Å². The molecule has 1 amide bonds. The quantitative estimate of drug-likeness (QED) is 0.758. The van der Waals surface area contributed by atoms with Gasteiger partial charge in [0.15, 0.2) is 4.96 Å². The van der Waals surface area contributed by atoms with Crippen molar-refractivity contribution < 1.29 is 4.79 Å². The molecule has 0 fully saturated rings. The number of nitrogens with one attached hydrogen (secondary N) is 1. The fraction of sp³-hybridized carbons (Fsp3) is 0.312. The second-order valence-electron chi connectivity index (χ2n) is 6.33. The van der Waals surface area contributed by atoms with Gasteiger partial charge in [-0.05, 0) is 23.3 Å². The van der Waals surface area contributed by atoms with E-state index >= 15 is 0 Å². The van der Waals surface area contributed by atoms with Crippen molar-refractivity contribution in [3.05, 3.63) is 39.5 Å². The van der Waals surface area contributed by atoms with Crippen LogP contribution in [-0.2, 0) is 5.41 Å². The monoisotopic (exact) mass is 344 g/mol. The van der Waals surface area contributed by atoms with E-state index < -0.39 is 0 Å². The summed E-state index contributed by atoms with van der Waals surface area (Å²) in [6.45, 7) is 8.12. The third-order valence-electron chi connectivity index (χ3n) is 3.56. The normalized spacial score (nSPS) is 11.6. The molecule has 23 heavy (non-hydrogen) atoms. The van der Waals surface area contributed by atoms with Gasteiger partial charge >= 0.3 is 0 Å². The minimum atomic E-state index is -0.292. The highest BCUT2D eigenvalue weighted by atomic mass is 32.1. The van der Waals surface area contributed by atoms with Crippen LogP contribution in [0, 0.1) is 18.3 Å². The van der Waals surface area contributed by atoms with E-state index in [1.165, 1.54) is 22.7 Å². The number of hydrogen-bond donors (Lipinski definition) is 1. The predicted molar refractivity (Wildman–Crippen MR) is 93.5 cm³/mol. The van der Waals surface area contributed by atoms with Crippen LogP contribution in [-0.4, -0.2) is 15.3 Å². The minimum Gasteiger partial charge on any atom is -0.311 e. The van der Waals surface area contributed by atoms with Gasteiger partial charge in [-0.1, -0.05) is 20.8 Å². The maximum atomic E-state index is 12.4. The van der Waals surface area contributed by atoms with Crippen LogP contribution in [0.1, 0.15) is 48.1 Å². The average Bonchev–Trinajstić information content (AvgIpc) is 3.14. The van der Waals surface area contributed by atoms with Crippen LogP contribution < -0.4 is 5.32 Å². The van der Waals surface area contributed by atoms with Gasteiger partial charge in [0, 0.05) is 17.3 Å². The van der Waals surface area contributed by atoms with E-state index in [9.17, 15) is 10.1 Å². The van der Waals surface area contributed by atoms with Gasteiger partial charge in [-0.15, -0.1) is 22.7 Å². The van der Waals surface area contributed by atoms with E-state index in [2.05, 4.69) is 16.4 Å². The fourth-order valence-electron chi connectivity index (χ4n) is 2.28. The summed E-state index contributed by atoms with van der Waals surface area (Å²) in [6.07, 6.45) is 1.72. The number of nitriles is 1. The first-order chi connectivity index (χ1) is 10.8. The third-order valence-corrected chi connectivity index (χ3v) is 5.41. The van der Waals surface area contributed by atoms with Crippen molar-refractivity contribution in [2.24, 2.45) is 0 Å². The molecule has 0 aliphatic heterocycles. The lowest BCUT2D eigenvalue weighted by Crippen LogP contribution is -2.14. The number of imidazole rings is 1. The Morgan fingerprint density at radius 1 is 1.35 bits per heavy atom. The van der Waals surface area contributed by atoms with Gasteiger partial charge in [0.25, 0.3) is 5.91 Å². The molecule has 1 N–H and O–H groups in total. The highest BCUT2D eigenvalue weighted by molar-refractivity contribution is 7.15. The number of carbonyl (C=O) groups excluding carboxylic acids is 1. The van der Waals surface area contributed by atoms with Gasteiger partial charge < -0.3 is 5.32 Å². The lowest BCUT2D eigenvalue weighted by Gasteiger charge is -2.17. The van der Waals surface area contributed by atoms with Crippen LogP contribution in [0.5, 0.6) is 0 Å². The Balaban J connectivity index is 1.91. The second-order valence-corrected chi connectivity index (χ2v) is 8.04. The maximum Gasteiger partial charge on any atom is 0.276 e. The highest BCUT2D eigenvalue weighted by Gasteiger charge is 2.24. The minimum absolute atomic E-state index is 0.140. The summed E-state index contributed by atoms with van der Waals surface area (Å²) in [5.41, 5.74) is 2.74. The van der Waals surface area contributed by atoms with Gasteiger partial charge in [0.2, 0.25) is 0 Å². The molecule has 0 atom stereocenters. The van der Waals surface area contributed by atoms with Crippen LogP contribution in [0.15, 0.2) is 17.0 Å². The van der Waals surface area contributed by atoms with Crippen LogP contribution in [0.3, 0.4) is 0 Å². The van der Waals surface area contributed by atoms with Gasteiger partial charge in [0.05, 0.1) is 5.56 Å². The smallest absolute Gasteiger partial charge is 0.276 e. The Kier molecular flexibility index (Phi) is 3.74. The number of rotatable bonds is 2. The lowest BCUT2D eigenvalue weighted by molar-refractivity contribution is 0.102. The summed E-state index contributed by atoms with van der Waals surface area (Å²) in [5, 5.41) is 16.8. The van der Waals surface area contributed by atoms with E-state index in [1.54, 1.807) is 6.20 Å². The van der Waals surface area contributed by atoms with Crippen LogP contribution in [0.25, 0.3) is 4.96 Å². The molecule has 3 aromatic heterocycles. The number of thiazole rings is 1. The van der Waals surface area contributed by atoms with Crippen molar-refractivity contribution in [3.8, 4) is 6.07 Å². The van der Waals surface area contributed by atoms with Crippen LogP contribution in [0.2, 0.25) is 0 Å². The SMILES string of the molecule is Cc1csc2nc(C(=O)Nc3scc(C(C)(C)C)c3C#N)cn12. The van der Waals surface area contributed by atoms with E-state index in [0.717, 1.165) is 16.2 Å². The molecule has 7 heteroatoms. The first-order valence-corrected chi connectivity index (χ1v) is 8.84. The maximum absolute atomic E-state index is 12.4. The number of nitrogens with zero attached hydrogens (tertiary/aromatic N) is 3. The molecule has 3 heterocycles. The molecule has 0 aromatic carbocycles. The number of aromatic nitrogens is 2. The summed E-state index contributed by atoms with van der Waals surface area (Å²) in [6, 6.07) is 2.21. The van der Waals surface area contributed by atoms with Crippen molar-refractivity contribution in [3.63, 3.8) is 0 Å². The molecule has 0 saturated heterocycles. The van der Waals surface area contributed by atoms with E-state index in [0.29, 0.717) is 16.3 Å². The molecule has 0 unspecified atom stereocenters. The molecule has 0 aliphatic carbocycles. The van der Waals surface area contributed by atoms with Crippen LogP contribution >= 0.6 is 22.7 Å². The Labute approximate surface area is 142 Å². The summed E-state index contributed by atoms with van der Waals surface area (Å²) in [5.74, 6) is -0.292. The molecule has 5 nitrogen and oxygen atoms in total. The molecule has 3 aromatic rings. The molecule has 0 bridgehead atoms. The average molecular weight is 344 g/mol. The van der Waals surface area contributed by atoms with Gasteiger partial charge in [0.1, 0.15) is 16.8 Å². The van der Waals surface area contributed by atoms with Gasteiger partial charge in [-0.3, -0.25) is 9.20 Å². The zero-order chi connectivity index (χ0) is 16.8. The number of amides is 1.